The molecule has 2 heteroatoms. The standard InChI is InChI=1S/C12H18O2/c13-8-10-9-4-3-7-14-11(9)12(10)5-1-2-6-12/h8-11H,1-7H2/t9-,10+,11+/m0/s1. The molecule has 0 bridgehead atoms. The van der Waals surface area contributed by atoms with E-state index in [1.54, 1.807) is 0 Å². The van der Waals surface area contributed by atoms with E-state index in [1.807, 2.05) is 0 Å². The van der Waals surface area contributed by atoms with E-state index < -0.39 is 0 Å². The molecule has 1 spiro atoms. The zero-order chi connectivity index (χ0) is 9.60. The topological polar surface area (TPSA) is 26.3 Å². The zero-order valence-corrected chi connectivity index (χ0v) is 8.58. The molecule has 3 atom stereocenters. The van der Waals surface area contributed by atoms with E-state index in [1.165, 1.54) is 38.4 Å². The van der Waals surface area contributed by atoms with Gasteiger partial charge in [0, 0.05) is 17.9 Å². The van der Waals surface area contributed by atoms with Crippen molar-refractivity contribution in [2.75, 3.05) is 6.61 Å². The molecule has 0 radical (unpaired) electrons. The summed E-state index contributed by atoms with van der Waals surface area (Å²) >= 11 is 0. The van der Waals surface area contributed by atoms with Crippen LogP contribution in [0, 0.1) is 17.3 Å². The van der Waals surface area contributed by atoms with Gasteiger partial charge in [-0.3, -0.25) is 0 Å². The lowest BCUT2D eigenvalue weighted by molar-refractivity contribution is -0.219. The number of hydrogen-bond acceptors (Lipinski definition) is 2. The maximum atomic E-state index is 11.1. The van der Waals surface area contributed by atoms with Crippen LogP contribution >= 0.6 is 0 Å². The van der Waals surface area contributed by atoms with E-state index in [2.05, 4.69) is 0 Å². The fourth-order valence-electron chi connectivity index (χ4n) is 4.15. The van der Waals surface area contributed by atoms with Crippen molar-refractivity contribution in [3.63, 3.8) is 0 Å². The van der Waals surface area contributed by atoms with Crippen molar-refractivity contribution in [1.82, 2.24) is 0 Å². The second kappa shape index (κ2) is 3.06. The van der Waals surface area contributed by atoms with Crippen molar-refractivity contribution in [1.29, 1.82) is 0 Å². The van der Waals surface area contributed by atoms with Crippen LogP contribution in [0.1, 0.15) is 38.5 Å². The fourth-order valence-corrected chi connectivity index (χ4v) is 4.15. The highest BCUT2D eigenvalue weighted by Crippen LogP contribution is 2.62. The first-order valence-corrected chi connectivity index (χ1v) is 5.95. The third-order valence-corrected chi connectivity index (χ3v) is 4.74. The van der Waals surface area contributed by atoms with Gasteiger partial charge in [-0.05, 0) is 31.6 Å². The van der Waals surface area contributed by atoms with Crippen LogP contribution in [0.15, 0.2) is 0 Å². The van der Waals surface area contributed by atoms with Gasteiger partial charge in [-0.1, -0.05) is 12.8 Å². The molecule has 0 N–H and O–H groups in total. The molecule has 3 aliphatic rings. The van der Waals surface area contributed by atoms with Gasteiger partial charge < -0.3 is 9.53 Å². The Morgan fingerprint density at radius 2 is 2.00 bits per heavy atom. The van der Waals surface area contributed by atoms with Crippen LogP contribution in [0.5, 0.6) is 0 Å². The molecule has 78 valence electrons. The Hall–Kier alpha value is -0.370. The minimum absolute atomic E-state index is 0.285. The van der Waals surface area contributed by atoms with Crippen molar-refractivity contribution in [2.24, 2.45) is 17.3 Å². The second-order valence-corrected chi connectivity index (χ2v) is 5.20. The molecule has 0 aromatic heterocycles. The summed E-state index contributed by atoms with van der Waals surface area (Å²) in [5, 5.41) is 0. The smallest absolute Gasteiger partial charge is 0.124 e. The lowest BCUT2D eigenvalue weighted by Gasteiger charge is -2.59. The Bertz CT molecular complexity index is 243. The van der Waals surface area contributed by atoms with Gasteiger partial charge in [-0.15, -0.1) is 0 Å². The second-order valence-electron chi connectivity index (χ2n) is 5.20. The molecule has 3 rings (SSSR count). The highest BCUT2D eigenvalue weighted by molar-refractivity contribution is 5.59. The molecule has 0 unspecified atom stereocenters. The average Bonchev–Trinajstić information content (AvgIpc) is 2.69. The first kappa shape index (κ1) is 8.90. The normalized spacial score (nSPS) is 44.4. The van der Waals surface area contributed by atoms with Crippen molar-refractivity contribution >= 4 is 6.29 Å². The summed E-state index contributed by atoms with van der Waals surface area (Å²) in [5.41, 5.74) is 0.285. The van der Waals surface area contributed by atoms with E-state index in [9.17, 15) is 4.79 Å². The fraction of sp³-hybridized carbons (Fsp3) is 0.917. The van der Waals surface area contributed by atoms with Crippen molar-refractivity contribution in [3.05, 3.63) is 0 Å². The van der Waals surface area contributed by atoms with Gasteiger partial charge in [-0.25, -0.2) is 0 Å². The Labute approximate surface area is 85.0 Å². The van der Waals surface area contributed by atoms with Crippen LogP contribution in [0.2, 0.25) is 0 Å². The van der Waals surface area contributed by atoms with Crippen LogP contribution in [0.4, 0.5) is 0 Å². The number of aldehydes is 1. The first-order chi connectivity index (χ1) is 6.88. The third kappa shape index (κ3) is 0.928. The van der Waals surface area contributed by atoms with Crippen LogP contribution in [0.25, 0.3) is 0 Å². The highest BCUT2D eigenvalue weighted by atomic mass is 16.5. The number of carbonyl (C=O) groups is 1. The summed E-state index contributed by atoms with van der Waals surface area (Å²) in [7, 11) is 0. The minimum Gasteiger partial charge on any atom is -0.377 e. The lowest BCUT2D eigenvalue weighted by Crippen LogP contribution is -2.62. The van der Waals surface area contributed by atoms with Gasteiger partial charge in [0.1, 0.15) is 6.29 Å². The van der Waals surface area contributed by atoms with E-state index in [-0.39, 0.29) is 5.41 Å². The predicted octanol–water partition coefficient (Wildman–Crippen LogP) is 2.17. The molecule has 0 aromatic carbocycles. The van der Waals surface area contributed by atoms with Crippen LogP contribution in [0.3, 0.4) is 0 Å². The zero-order valence-electron chi connectivity index (χ0n) is 8.58. The summed E-state index contributed by atoms with van der Waals surface area (Å²) in [6.07, 6.45) is 9.11. The molecule has 2 aliphatic carbocycles. The van der Waals surface area contributed by atoms with Crippen LogP contribution < -0.4 is 0 Å². The van der Waals surface area contributed by atoms with Crippen LogP contribution in [-0.4, -0.2) is 19.0 Å². The van der Waals surface area contributed by atoms with Crippen molar-refractivity contribution < 1.29 is 9.53 Å². The predicted molar refractivity (Wildman–Crippen MR) is 52.9 cm³/mol. The summed E-state index contributed by atoms with van der Waals surface area (Å²) in [5.74, 6) is 0.898. The van der Waals surface area contributed by atoms with E-state index >= 15 is 0 Å². The van der Waals surface area contributed by atoms with Gasteiger partial charge >= 0.3 is 0 Å². The van der Waals surface area contributed by atoms with Gasteiger partial charge in [0.15, 0.2) is 0 Å². The van der Waals surface area contributed by atoms with E-state index in [0.29, 0.717) is 17.9 Å². The summed E-state index contributed by atoms with van der Waals surface area (Å²) in [6, 6.07) is 0. The Kier molecular flexibility index (Phi) is 1.94. The SMILES string of the molecule is O=C[C@@H]1[C@@H]2CCCO[C@H]2C12CCCC2. The monoisotopic (exact) mass is 194 g/mol. The van der Waals surface area contributed by atoms with Gasteiger partial charge in [-0.2, -0.15) is 0 Å². The molecular weight excluding hydrogens is 176 g/mol. The number of carbonyl (C=O) groups excluding carboxylic acids is 1. The molecular formula is C12H18O2. The Morgan fingerprint density at radius 3 is 2.71 bits per heavy atom. The Balaban J connectivity index is 1.85. The first-order valence-electron chi connectivity index (χ1n) is 5.95. The molecule has 14 heavy (non-hydrogen) atoms. The largest absolute Gasteiger partial charge is 0.377 e. The third-order valence-electron chi connectivity index (χ3n) is 4.74. The van der Waals surface area contributed by atoms with E-state index in [4.69, 9.17) is 4.74 Å². The molecule has 1 heterocycles. The molecule has 3 fully saturated rings. The van der Waals surface area contributed by atoms with Gasteiger partial charge in [0.2, 0.25) is 0 Å². The summed E-state index contributed by atoms with van der Waals surface area (Å²) < 4.78 is 5.89. The van der Waals surface area contributed by atoms with Gasteiger partial charge in [0.25, 0.3) is 0 Å². The summed E-state index contributed by atoms with van der Waals surface area (Å²) in [6.45, 7) is 0.925. The molecule has 1 aliphatic heterocycles. The van der Waals surface area contributed by atoms with Crippen molar-refractivity contribution in [2.45, 2.75) is 44.6 Å². The molecule has 1 saturated heterocycles. The minimum atomic E-state index is 0.285. The molecule has 2 saturated carbocycles. The van der Waals surface area contributed by atoms with Crippen molar-refractivity contribution in [3.8, 4) is 0 Å². The number of ether oxygens (including phenoxy) is 1. The highest BCUT2D eigenvalue weighted by Gasteiger charge is 2.63. The maximum absolute atomic E-state index is 11.1. The number of hydrogen-bond donors (Lipinski definition) is 0. The average molecular weight is 194 g/mol. The maximum Gasteiger partial charge on any atom is 0.124 e. The molecule has 2 nitrogen and oxygen atoms in total. The quantitative estimate of drug-likeness (QED) is 0.598. The molecule has 0 amide bonds. The summed E-state index contributed by atoms with van der Waals surface area (Å²) in [4.78, 5) is 11.1. The molecule has 0 aromatic rings. The van der Waals surface area contributed by atoms with E-state index in [0.717, 1.165) is 13.0 Å². The lowest BCUT2D eigenvalue weighted by atomic mass is 9.49. The Morgan fingerprint density at radius 1 is 1.21 bits per heavy atom. The number of rotatable bonds is 1. The van der Waals surface area contributed by atoms with Gasteiger partial charge in [0.05, 0.1) is 6.10 Å². The number of fused-ring (bicyclic) bond motifs is 2. The van der Waals surface area contributed by atoms with Crippen LogP contribution in [-0.2, 0) is 9.53 Å².